The summed E-state index contributed by atoms with van der Waals surface area (Å²) in [6.45, 7) is 1.38. The Morgan fingerprint density at radius 1 is 1.27 bits per heavy atom. The van der Waals surface area contributed by atoms with Gasteiger partial charge in [0.25, 0.3) is 0 Å². The Morgan fingerprint density at radius 2 is 2.00 bits per heavy atom. The minimum Gasteiger partial charge on any atom is -0.368 e. The maximum atomic E-state index is 13.5. The lowest BCUT2D eigenvalue weighted by Gasteiger charge is -2.31. The first-order valence-electron chi connectivity index (χ1n) is 7.56. The van der Waals surface area contributed by atoms with E-state index in [1.165, 1.54) is 5.56 Å². The molecule has 1 saturated heterocycles. The van der Waals surface area contributed by atoms with Crippen LogP contribution in [-0.4, -0.2) is 53.5 Å². The molecule has 2 heterocycles. The highest BCUT2D eigenvalue weighted by molar-refractivity contribution is 5.83. The fourth-order valence-corrected chi connectivity index (χ4v) is 3.30. The van der Waals surface area contributed by atoms with E-state index in [1.807, 2.05) is 18.2 Å². The lowest BCUT2D eigenvalue weighted by atomic mass is 10.00. The van der Waals surface area contributed by atoms with Gasteiger partial charge in [-0.15, -0.1) is 0 Å². The Balaban J connectivity index is 1.64. The minimum absolute atomic E-state index is 0.0518. The van der Waals surface area contributed by atoms with E-state index in [0.29, 0.717) is 13.1 Å². The number of hydrogen-bond acceptors (Lipinski definition) is 3. The number of fused-ring (bicyclic) bond motifs is 1. The number of carbonyl (C=O) groups excluding carboxylic acids is 2. The molecule has 2 amide bonds. The van der Waals surface area contributed by atoms with E-state index in [1.54, 1.807) is 9.80 Å². The molecule has 118 valence electrons. The summed E-state index contributed by atoms with van der Waals surface area (Å²) in [6.07, 6.45) is -0.175. The molecule has 22 heavy (non-hydrogen) atoms. The van der Waals surface area contributed by atoms with Crippen LogP contribution in [0.1, 0.15) is 17.5 Å². The fraction of sp³-hybridized carbons (Fsp3) is 0.500. The summed E-state index contributed by atoms with van der Waals surface area (Å²) in [7, 11) is 0. The van der Waals surface area contributed by atoms with Gasteiger partial charge in [-0.3, -0.25) is 14.5 Å². The van der Waals surface area contributed by atoms with Crippen molar-refractivity contribution in [2.45, 2.75) is 31.6 Å². The number of benzene rings is 1. The van der Waals surface area contributed by atoms with E-state index < -0.39 is 18.1 Å². The van der Waals surface area contributed by atoms with Gasteiger partial charge in [0.05, 0.1) is 12.6 Å². The lowest BCUT2D eigenvalue weighted by Crippen LogP contribution is -2.47. The third-order valence-electron chi connectivity index (χ3n) is 4.50. The zero-order chi connectivity index (χ0) is 15.7. The standard InChI is InChI=1S/C16H20FN3O2/c17-13-7-14(16(18)22)20(9-13)10-15(21)19-6-5-11-3-1-2-4-12(11)8-19/h1-4,13-14H,5-10H2,(H2,18,22)/t13-,14+/m1/s1. The van der Waals surface area contributed by atoms with Crippen molar-refractivity contribution >= 4 is 11.8 Å². The summed E-state index contributed by atoms with van der Waals surface area (Å²) in [4.78, 5) is 27.2. The number of amides is 2. The summed E-state index contributed by atoms with van der Waals surface area (Å²) in [6, 6.07) is 7.39. The Kier molecular flexibility index (Phi) is 4.11. The maximum absolute atomic E-state index is 13.5. The highest BCUT2D eigenvalue weighted by atomic mass is 19.1. The Bertz CT molecular complexity index is 593. The van der Waals surface area contributed by atoms with Crippen LogP contribution < -0.4 is 5.73 Å². The summed E-state index contributed by atoms with van der Waals surface area (Å²) in [5.74, 6) is -0.633. The largest absolute Gasteiger partial charge is 0.368 e. The van der Waals surface area contributed by atoms with E-state index in [4.69, 9.17) is 5.73 Å². The second kappa shape index (κ2) is 6.04. The Morgan fingerprint density at radius 3 is 2.73 bits per heavy atom. The van der Waals surface area contributed by atoms with Gasteiger partial charge in [0.15, 0.2) is 0 Å². The van der Waals surface area contributed by atoms with Gasteiger partial charge in [-0.05, 0) is 17.5 Å². The van der Waals surface area contributed by atoms with Crippen molar-refractivity contribution in [2.75, 3.05) is 19.6 Å². The van der Waals surface area contributed by atoms with Gasteiger partial charge in [-0.25, -0.2) is 4.39 Å². The molecule has 0 aliphatic carbocycles. The number of alkyl halides is 1. The van der Waals surface area contributed by atoms with E-state index in [2.05, 4.69) is 6.07 Å². The summed E-state index contributed by atoms with van der Waals surface area (Å²) < 4.78 is 13.5. The molecule has 2 N–H and O–H groups in total. The molecule has 2 aliphatic heterocycles. The summed E-state index contributed by atoms with van der Waals surface area (Å²) in [5.41, 5.74) is 7.72. The maximum Gasteiger partial charge on any atom is 0.237 e. The number of carbonyl (C=O) groups is 2. The molecule has 2 atom stereocenters. The summed E-state index contributed by atoms with van der Waals surface area (Å²) >= 11 is 0. The molecular formula is C16H20FN3O2. The molecule has 0 spiro atoms. The Hall–Kier alpha value is -1.95. The topological polar surface area (TPSA) is 66.6 Å². The van der Waals surface area contributed by atoms with Gasteiger partial charge in [-0.1, -0.05) is 24.3 Å². The van der Waals surface area contributed by atoms with Crippen LogP contribution in [-0.2, 0) is 22.6 Å². The first-order valence-corrected chi connectivity index (χ1v) is 7.56. The summed E-state index contributed by atoms with van der Waals surface area (Å²) in [5, 5.41) is 0. The van der Waals surface area contributed by atoms with E-state index in [-0.39, 0.29) is 25.4 Å². The molecule has 1 aromatic carbocycles. The van der Waals surface area contributed by atoms with Crippen molar-refractivity contribution in [3.63, 3.8) is 0 Å². The first-order chi connectivity index (χ1) is 10.5. The SMILES string of the molecule is NC(=O)[C@@H]1C[C@@H](F)CN1CC(=O)N1CCc2ccccc2C1. The van der Waals surface area contributed by atoms with Gasteiger partial charge >= 0.3 is 0 Å². The highest BCUT2D eigenvalue weighted by Gasteiger charge is 2.37. The quantitative estimate of drug-likeness (QED) is 0.883. The number of hydrogen-bond donors (Lipinski definition) is 1. The van der Waals surface area contributed by atoms with Gasteiger partial charge in [0.2, 0.25) is 11.8 Å². The first kappa shape index (κ1) is 15.0. The average molecular weight is 305 g/mol. The second-order valence-electron chi connectivity index (χ2n) is 6.01. The van der Waals surface area contributed by atoms with Crippen LogP contribution in [0.4, 0.5) is 4.39 Å². The molecule has 5 nitrogen and oxygen atoms in total. The number of nitrogens with zero attached hydrogens (tertiary/aromatic N) is 2. The molecule has 1 fully saturated rings. The van der Waals surface area contributed by atoms with Crippen molar-refractivity contribution in [3.05, 3.63) is 35.4 Å². The third-order valence-corrected chi connectivity index (χ3v) is 4.50. The molecule has 2 aliphatic rings. The molecular weight excluding hydrogens is 285 g/mol. The van der Waals surface area contributed by atoms with Crippen LogP contribution in [0, 0.1) is 0 Å². The fourth-order valence-electron chi connectivity index (χ4n) is 3.30. The average Bonchev–Trinajstić information content (AvgIpc) is 2.87. The van der Waals surface area contributed by atoms with Crippen LogP contribution in [0.25, 0.3) is 0 Å². The van der Waals surface area contributed by atoms with Crippen LogP contribution in [0.15, 0.2) is 24.3 Å². The zero-order valence-electron chi connectivity index (χ0n) is 12.4. The van der Waals surface area contributed by atoms with Crippen LogP contribution >= 0.6 is 0 Å². The monoisotopic (exact) mass is 305 g/mol. The van der Waals surface area contributed by atoms with Crippen LogP contribution in [0.5, 0.6) is 0 Å². The predicted octanol–water partition coefficient (Wildman–Crippen LogP) is 0.469. The van der Waals surface area contributed by atoms with Crippen molar-refractivity contribution in [1.82, 2.24) is 9.80 Å². The van der Waals surface area contributed by atoms with E-state index in [9.17, 15) is 14.0 Å². The number of primary amides is 1. The van der Waals surface area contributed by atoms with Crippen molar-refractivity contribution < 1.29 is 14.0 Å². The Labute approximate surface area is 128 Å². The molecule has 0 saturated carbocycles. The van der Waals surface area contributed by atoms with E-state index in [0.717, 1.165) is 12.0 Å². The van der Waals surface area contributed by atoms with Gasteiger partial charge in [0, 0.05) is 26.1 Å². The number of halogens is 1. The van der Waals surface area contributed by atoms with Crippen LogP contribution in [0.3, 0.4) is 0 Å². The molecule has 0 aromatic heterocycles. The molecule has 3 rings (SSSR count). The van der Waals surface area contributed by atoms with Crippen molar-refractivity contribution in [3.8, 4) is 0 Å². The highest BCUT2D eigenvalue weighted by Crippen LogP contribution is 2.22. The smallest absolute Gasteiger partial charge is 0.237 e. The van der Waals surface area contributed by atoms with Crippen molar-refractivity contribution in [2.24, 2.45) is 5.73 Å². The number of likely N-dealkylation sites (tertiary alicyclic amines) is 1. The van der Waals surface area contributed by atoms with Crippen molar-refractivity contribution in [1.29, 1.82) is 0 Å². The molecule has 6 heteroatoms. The third kappa shape index (κ3) is 2.97. The second-order valence-corrected chi connectivity index (χ2v) is 6.01. The molecule has 0 bridgehead atoms. The zero-order valence-corrected chi connectivity index (χ0v) is 12.4. The molecule has 0 radical (unpaired) electrons. The van der Waals surface area contributed by atoms with Gasteiger partial charge in [-0.2, -0.15) is 0 Å². The molecule has 1 aromatic rings. The predicted molar refractivity (Wildman–Crippen MR) is 79.6 cm³/mol. The normalized spacial score (nSPS) is 25.0. The van der Waals surface area contributed by atoms with Crippen LogP contribution in [0.2, 0.25) is 0 Å². The van der Waals surface area contributed by atoms with Gasteiger partial charge in [0.1, 0.15) is 6.17 Å². The van der Waals surface area contributed by atoms with E-state index >= 15 is 0 Å². The number of rotatable bonds is 3. The lowest BCUT2D eigenvalue weighted by molar-refractivity contribution is -0.134. The van der Waals surface area contributed by atoms with Gasteiger partial charge < -0.3 is 10.6 Å². The minimum atomic E-state index is -1.09. The molecule has 0 unspecified atom stereocenters. The number of nitrogens with two attached hydrogens (primary N) is 1.